The third kappa shape index (κ3) is 6.40. The molecular weight excluding hydrogens is 472 g/mol. The van der Waals surface area contributed by atoms with Gasteiger partial charge in [-0.15, -0.1) is 10.2 Å². The minimum absolute atomic E-state index is 0.105. The van der Waals surface area contributed by atoms with E-state index in [9.17, 15) is 8.42 Å². The normalized spacial score (nSPS) is 11.7. The van der Waals surface area contributed by atoms with Crippen molar-refractivity contribution < 1.29 is 8.42 Å². The third-order valence-corrected chi connectivity index (χ3v) is 7.42. The Balaban J connectivity index is 1.76. The van der Waals surface area contributed by atoms with Crippen molar-refractivity contribution in [1.82, 2.24) is 19.5 Å². The Kier molecular flexibility index (Phi) is 7.88. The minimum atomic E-state index is -3.18. The zero-order chi connectivity index (χ0) is 20.7. The summed E-state index contributed by atoms with van der Waals surface area (Å²) in [6.07, 6.45) is 1.41. The second-order valence-corrected chi connectivity index (χ2v) is 10.4. The molecule has 0 atom stereocenters. The lowest BCUT2D eigenvalue weighted by Crippen LogP contribution is -2.22. The van der Waals surface area contributed by atoms with E-state index in [1.54, 1.807) is 0 Å². The van der Waals surface area contributed by atoms with E-state index < -0.39 is 10.0 Å². The Hall–Kier alpha value is -1.68. The van der Waals surface area contributed by atoms with Crippen LogP contribution in [0.1, 0.15) is 12.0 Å². The molecule has 1 aromatic heterocycles. The van der Waals surface area contributed by atoms with Gasteiger partial charge in [0.1, 0.15) is 0 Å². The lowest BCUT2D eigenvalue weighted by molar-refractivity contribution is 0.587. The summed E-state index contributed by atoms with van der Waals surface area (Å²) in [5, 5.41) is 9.60. The van der Waals surface area contributed by atoms with Gasteiger partial charge < -0.3 is 4.57 Å². The molecule has 29 heavy (non-hydrogen) atoms. The summed E-state index contributed by atoms with van der Waals surface area (Å²) in [6.45, 7) is 0.750. The molecule has 0 saturated heterocycles. The van der Waals surface area contributed by atoms with Gasteiger partial charge in [-0.05, 0) is 37.6 Å². The van der Waals surface area contributed by atoms with Gasteiger partial charge in [-0.2, -0.15) is 0 Å². The first-order chi connectivity index (χ1) is 14.0. The summed E-state index contributed by atoms with van der Waals surface area (Å²) in [5.41, 5.74) is 2.25. The van der Waals surface area contributed by atoms with Crippen LogP contribution in [0.5, 0.6) is 0 Å². The highest BCUT2D eigenvalue weighted by Gasteiger charge is 2.15. The van der Waals surface area contributed by atoms with E-state index in [4.69, 9.17) is 0 Å². The van der Waals surface area contributed by atoms with E-state index in [1.165, 1.54) is 24.4 Å². The predicted octanol–water partition coefficient (Wildman–Crippen LogP) is 3.98. The largest absolute Gasteiger partial charge is 0.302 e. The first-order valence-electron chi connectivity index (χ1n) is 9.25. The van der Waals surface area contributed by atoms with Crippen LogP contribution in [0.4, 0.5) is 0 Å². The monoisotopic (exact) mass is 494 g/mol. The van der Waals surface area contributed by atoms with Crippen LogP contribution in [0, 0.1) is 0 Å². The van der Waals surface area contributed by atoms with Crippen molar-refractivity contribution >= 4 is 37.7 Å². The van der Waals surface area contributed by atoms with Gasteiger partial charge in [-0.1, -0.05) is 70.2 Å². The number of aryl methyl sites for hydroxylation is 1. The van der Waals surface area contributed by atoms with E-state index in [2.05, 4.69) is 47.5 Å². The van der Waals surface area contributed by atoms with E-state index in [-0.39, 0.29) is 5.75 Å². The number of benzene rings is 2. The van der Waals surface area contributed by atoms with Crippen LogP contribution in [0.15, 0.2) is 64.2 Å². The Morgan fingerprint density at radius 3 is 2.48 bits per heavy atom. The van der Waals surface area contributed by atoms with Gasteiger partial charge in [0, 0.05) is 22.3 Å². The number of rotatable bonds is 10. The second-order valence-electron chi connectivity index (χ2n) is 6.43. The molecule has 0 fully saturated rings. The molecule has 3 rings (SSSR count). The Morgan fingerprint density at radius 1 is 1.07 bits per heavy atom. The second kappa shape index (κ2) is 10.4. The van der Waals surface area contributed by atoms with Gasteiger partial charge in [-0.25, -0.2) is 13.1 Å². The van der Waals surface area contributed by atoms with E-state index in [0.29, 0.717) is 12.2 Å². The van der Waals surface area contributed by atoms with Gasteiger partial charge in [0.25, 0.3) is 0 Å². The molecule has 6 nitrogen and oxygen atoms in total. The van der Waals surface area contributed by atoms with Gasteiger partial charge in [0.05, 0.1) is 5.75 Å². The molecule has 154 valence electrons. The highest BCUT2D eigenvalue weighted by molar-refractivity contribution is 9.10. The van der Waals surface area contributed by atoms with Crippen molar-refractivity contribution in [3.8, 4) is 11.4 Å². The highest BCUT2D eigenvalue weighted by atomic mass is 79.9. The SMILES string of the molecule is CNS(=O)(=O)CCCSc1nnc(-c2ccc(Br)cc2)n1CCc1ccccc1. The summed E-state index contributed by atoms with van der Waals surface area (Å²) in [4.78, 5) is 0. The number of aromatic nitrogens is 3. The van der Waals surface area contributed by atoms with Gasteiger partial charge in [0.15, 0.2) is 11.0 Å². The molecule has 0 amide bonds. The molecule has 0 spiro atoms. The maximum atomic E-state index is 11.6. The quantitative estimate of drug-likeness (QED) is 0.340. The van der Waals surface area contributed by atoms with Gasteiger partial charge >= 0.3 is 0 Å². The van der Waals surface area contributed by atoms with Crippen molar-refractivity contribution in [2.45, 2.75) is 24.5 Å². The van der Waals surface area contributed by atoms with Crippen LogP contribution in [0.2, 0.25) is 0 Å². The number of thioether (sulfide) groups is 1. The highest BCUT2D eigenvalue weighted by Crippen LogP contribution is 2.26. The molecule has 9 heteroatoms. The predicted molar refractivity (Wildman–Crippen MR) is 121 cm³/mol. The number of nitrogens with one attached hydrogen (secondary N) is 1. The fourth-order valence-corrected chi connectivity index (χ4v) is 4.89. The van der Waals surface area contributed by atoms with E-state index in [1.807, 2.05) is 42.5 Å². The molecule has 1 N–H and O–H groups in total. The number of sulfonamides is 1. The van der Waals surface area contributed by atoms with Gasteiger partial charge in [0.2, 0.25) is 10.0 Å². The van der Waals surface area contributed by atoms with Crippen LogP contribution in [-0.4, -0.2) is 41.7 Å². The molecule has 3 aromatic rings. The molecule has 0 aliphatic carbocycles. The molecule has 0 bridgehead atoms. The first kappa shape index (κ1) is 22.0. The van der Waals surface area contributed by atoms with Crippen molar-refractivity contribution in [1.29, 1.82) is 0 Å². The molecule has 2 aromatic carbocycles. The summed E-state index contributed by atoms with van der Waals surface area (Å²) in [7, 11) is -1.75. The van der Waals surface area contributed by atoms with Crippen molar-refractivity contribution in [3.63, 3.8) is 0 Å². The van der Waals surface area contributed by atoms with Crippen LogP contribution in [0.25, 0.3) is 11.4 Å². The molecule has 0 radical (unpaired) electrons. The lowest BCUT2D eigenvalue weighted by atomic mass is 10.1. The number of hydrogen-bond acceptors (Lipinski definition) is 5. The van der Waals surface area contributed by atoms with Crippen molar-refractivity contribution in [3.05, 3.63) is 64.6 Å². The molecule has 0 aliphatic rings. The van der Waals surface area contributed by atoms with E-state index in [0.717, 1.165) is 34.0 Å². The van der Waals surface area contributed by atoms with Crippen LogP contribution < -0.4 is 4.72 Å². The maximum Gasteiger partial charge on any atom is 0.211 e. The lowest BCUT2D eigenvalue weighted by Gasteiger charge is -2.11. The topological polar surface area (TPSA) is 76.9 Å². The maximum absolute atomic E-state index is 11.6. The minimum Gasteiger partial charge on any atom is -0.302 e. The smallest absolute Gasteiger partial charge is 0.211 e. The molecule has 0 saturated carbocycles. The van der Waals surface area contributed by atoms with E-state index >= 15 is 0 Å². The number of halogens is 1. The first-order valence-corrected chi connectivity index (χ1v) is 12.7. The Labute approximate surface area is 184 Å². The number of nitrogens with zero attached hydrogens (tertiary/aromatic N) is 3. The zero-order valence-electron chi connectivity index (χ0n) is 16.1. The summed E-state index contributed by atoms with van der Waals surface area (Å²) in [5.74, 6) is 1.58. The van der Waals surface area contributed by atoms with Crippen LogP contribution >= 0.6 is 27.7 Å². The van der Waals surface area contributed by atoms with Gasteiger partial charge in [-0.3, -0.25) is 0 Å². The van der Waals surface area contributed by atoms with Crippen LogP contribution in [-0.2, 0) is 23.0 Å². The molecule has 0 unspecified atom stereocenters. The summed E-state index contributed by atoms with van der Waals surface area (Å²) >= 11 is 5.01. The fourth-order valence-electron chi connectivity index (χ4n) is 2.81. The average Bonchev–Trinajstić information content (AvgIpc) is 3.14. The molecular formula is C20H23BrN4O2S2. The Morgan fingerprint density at radius 2 is 1.79 bits per heavy atom. The van der Waals surface area contributed by atoms with Crippen molar-refractivity contribution in [2.24, 2.45) is 0 Å². The van der Waals surface area contributed by atoms with Crippen molar-refractivity contribution in [2.75, 3.05) is 18.6 Å². The fraction of sp³-hybridized carbons (Fsp3) is 0.300. The number of hydrogen-bond donors (Lipinski definition) is 1. The summed E-state index contributed by atoms with van der Waals surface area (Å²) < 4.78 is 28.7. The zero-order valence-corrected chi connectivity index (χ0v) is 19.3. The third-order valence-electron chi connectivity index (χ3n) is 4.39. The Bertz CT molecular complexity index is 1020. The molecule has 0 aliphatic heterocycles. The average molecular weight is 495 g/mol. The van der Waals surface area contributed by atoms with Crippen LogP contribution in [0.3, 0.4) is 0 Å². The summed E-state index contributed by atoms with van der Waals surface area (Å²) in [6, 6.07) is 18.3. The molecule has 1 heterocycles. The standard InChI is InChI=1S/C20H23BrN4O2S2/c1-22-29(26,27)15-5-14-28-20-24-23-19(17-8-10-18(21)11-9-17)25(20)13-12-16-6-3-2-4-7-16/h2-4,6-11,22H,5,12-15H2,1H3.